The summed E-state index contributed by atoms with van der Waals surface area (Å²) in [5, 5.41) is 1.32. The highest BCUT2D eigenvalue weighted by molar-refractivity contribution is 5.82. The maximum atomic E-state index is 5.37. The maximum absolute atomic E-state index is 5.37. The molecule has 1 N–H and O–H groups in total. The molecule has 0 spiro atoms. The molecule has 0 bridgehead atoms. The number of para-hydroxylation sites is 1. The van der Waals surface area contributed by atoms with Crippen molar-refractivity contribution in [3.8, 4) is 12.3 Å². The summed E-state index contributed by atoms with van der Waals surface area (Å²) in [6.45, 7) is 2.09. The van der Waals surface area contributed by atoms with Crippen LogP contribution in [0.3, 0.4) is 0 Å². The van der Waals surface area contributed by atoms with Gasteiger partial charge in [0.15, 0.2) is 0 Å². The van der Waals surface area contributed by atoms with Crippen LogP contribution in [0, 0.1) is 18.3 Å². The smallest absolute Gasteiger partial charge is 0.0456 e. The monoisotopic (exact) mass is 197 g/mol. The van der Waals surface area contributed by atoms with Crippen LogP contribution in [0.1, 0.15) is 18.9 Å². The first-order chi connectivity index (χ1) is 7.31. The molecule has 2 aromatic rings. The molecule has 0 amide bonds. The van der Waals surface area contributed by atoms with E-state index < -0.39 is 0 Å². The number of fused-ring (bicyclic) bond motifs is 1. The van der Waals surface area contributed by atoms with E-state index in [1.54, 1.807) is 0 Å². The topological polar surface area (TPSA) is 15.8 Å². The van der Waals surface area contributed by atoms with Crippen LogP contribution < -0.4 is 0 Å². The van der Waals surface area contributed by atoms with Crippen LogP contribution in [-0.4, -0.2) is 4.98 Å². The van der Waals surface area contributed by atoms with Gasteiger partial charge in [-0.1, -0.05) is 25.1 Å². The average Bonchev–Trinajstić information content (AvgIpc) is 2.69. The van der Waals surface area contributed by atoms with Gasteiger partial charge in [0.1, 0.15) is 0 Å². The van der Waals surface area contributed by atoms with E-state index in [-0.39, 0.29) is 0 Å². The minimum absolute atomic E-state index is 0.360. The molecule has 0 fully saturated rings. The summed E-state index contributed by atoms with van der Waals surface area (Å²) < 4.78 is 0. The van der Waals surface area contributed by atoms with Gasteiger partial charge in [0.25, 0.3) is 0 Å². The van der Waals surface area contributed by atoms with Crippen molar-refractivity contribution in [1.82, 2.24) is 4.98 Å². The lowest BCUT2D eigenvalue weighted by Gasteiger charge is -2.02. The van der Waals surface area contributed by atoms with Gasteiger partial charge in [-0.05, 0) is 24.5 Å². The molecule has 0 aliphatic heterocycles. The molecule has 2 rings (SSSR count). The van der Waals surface area contributed by atoms with E-state index in [1.165, 1.54) is 16.5 Å². The fraction of sp³-hybridized carbons (Fsp3) is 0.286. The van der Waals surface area contributed by atoms with Crippen molar-refractivity contribution in [3.05, 3.63) is 36.0 Å². The highest BCUT2D eigenvalue weighted by atomic mass is 14.7. The van der Waals surface area contributed by atoms with Gasteiger partial charge in [-0.15, -0.1) is 12.3 Å². The number of nitrogens with one attached hydrogen (secondary N) is 1. The number of aromatic nitrogens is 1. The molecule has 0 saturated carbocycles. The minimum atomic E-state index is 0.360. The lowest BCUT2D eigenvalue weighted by molar-refractivity contribution is 0.671. The molecule has 0 aliphatic rings. The van der Waals surface area contributed by atoms with Gasteiger partial charge in [-0.2, -0.15) is 0 Å². The summed E-state index contributed by atoms with van der Waals surface area (Å²) in [5.74, 6) is 3.13. The minimum Gasteiger partial charge on any atom is -0.361 e. The van der Waals surface area contributed by atoms with Gasteiger partial charge in [0, 0.05) is 23.0 Å². The van der Waals surface area contributed by atoms with Crippen LogP contribution in [0.4, 0.5) is 0 Å². The van der Waals surface area contributed by atoms with Crippen molar-refractivity contribution in [3.63, 3.8) is 0 Å². The zero-order valence-electron chi connectivity index (χ0n) is 8.96. The maximum Gasteiger partial charge on any atom is 0.0456 e. The molecule has 1 nitrogen and oxygen atoms in total. The molecule has 0 aliphatic carbocycles. The summed E-state index contributed by atoms with van der Waals surface area (Å²) in [6, 6.07) is 8.38. The number of rotatable bonds is 3. The van der Waals surface area contributed by atoms with Gasteiger partial charge < -0.3 is 4.98 Å². The van der Waals surface area contributed by atoms with Crippen molar-refractivity contribution in [2.45, 2.75) is 19.8 Å². The normalized spacial score (nSPS) is 12.5. The standard InChI is InChI=1S/C14H15N/c1-3-11(2)8-9-12-10-15-14-7-5-4-6-13(12)14/h1,4-7,10-11,15H,8-9H2,2H3. The SMILES string of the molecule is C#CC(C)CCc1c[nH]c2ccccc12. The summed E-state index contributed by atoms with van der Waals surface area (Å²) in [5.41, 5.74) is 2.58. The number of hydrogen-bond donors (Lipinski definition) is 1. The Kier molecular flexibility index (Phi) is 2.78. The number of terminal acetylenes is 1. The highest BCUT2D eigenvalue weighted by Crippen LogP contribution is 2.20. The second kappa shape index (κ2) is 4.23. The van der Waals surface area contributed by atoms with Gasteiger partial charge >= 0.3 is 0 Å². The zero-order valence-corrected chi connectivity index (χ0v) is 8.96. The first kappa shape index (κ1) is 9.86. The molecule has 1 aromatic heterocycles. The quantitative estimate of drug-likeness (QED) is 0.726. The van der Waals surface area contributed by atoms with E-state index in [4.69, 9.17) is 6.42 Å². The molecule has 1 aromatic carbocycles. The Morgan fingerprint density at radius 1 is 1.40 bits per heavy atom. The molecule has 1 heterocycles. The zero-order chi connectivity index (χ0) is 10.7. The van der Waals surface area contributed by atoms with Crippen molar-refractivity contribution in [2.75, 3.05) is 0 Å². The Bertz CT molecular complexity index is 487. The van der Waals surface area contributed by atoms with Crippen LogP contribution in [0.15, 0.2) is 30.5 Å². The predicted octanol–water partition coefficient (Wildman–Crippen LogP) is 3.37. The van der Waals surface area contributed by atoms with Crippen LogP contribution in [0.2, 0.25) is 0 Å². The van der Waals surface area contributed by atoms with Gasteiger partial charge in [-0.3, -0.25) is 0 Å². The van der Waals surface area contributed by atoms with E-state index >= 15 is 0 Å². The van der Waals surface area contributed by atoms with Crippen molar-refractivity contribution in [2.24, 2.45) is 5.92 Å². The molecule has 0 radical (unpaired) electrons. The number of hydrogen-bond acceptors (Lipinski definition) is 0. The third-order valence-corrected chi connectivity index (χ3v) is 2.81. The van der Waals surface area contributed by atoms with E-state index in [0.29, 0.717) is 5.92 Å². The summed E-state index contributed by atoms with van der Waals surface area (Å²) in [7, 11) is 0. The fourth-order valence-electron chi connectivity index (χ4n) is 1.79. The third-order valence-electron chi connectivity index (χ3n) is 2.81. The second-order valence-corrected chi connectivity index (χ2v) is 3.97. The predicted molar refractivity (Wildman–Crippen MR) is 64.6 cm³/mol. The Labute approximate surface area is 90.5 Å². The van der Waals surface area contributed by atoms with Crippen LogP contribution in [0.25, 0.3) is 10.9 Å². The number of aromatic amines is 1. The van der Waals surface area contributed by atoms with Gasteiger partial charge in [-0.25, -0.2) is 0 Å². The number of benzene rings is 1. The van der Waals surface area contributed by atoms with Crippen LogP contribution in [-0.2, 0) is 6.42 Å². The fourth-order valence-corrected chi connectivity index (χ4v) is 1.79. The van der Waals surface area contributed by atoms with E-state index in [0.717, 1.165) is 12.8 Å². The second-order valence-electron chi connectivity index (χ2n) is 3.97. The molecule has 1 heteroatoms. The average molecular weight is 197 g/mol. The van der Waals surface area contributed by atoms with Crippen molar-refractivity contribution >= 4 is 10.9 Å². The Morgan fingerprint density at radius 2 is 2.20 bits per heavy atom. The lowest BCUT2D eigenvalue weighted by atomic mass is 10.0. The molecule has 76 valence electrons. The third kappa shape index (κ3) is 2.05. The van der Waals surface area contributed by atoms with Crippen LogP contribution >= 0.6 is 0 Å². The molecule has 15 heavy (non-hydrogen) atoms. The van der Waals surface area contributed by atoms with Crippen molar-refractivity contribution < 1.29 is 0 Å². The first-order valence-corrected chi connectivity index (χ1v) is 5.32. The number of aryl methyl sites for hydroxylation is 1. The van der Waals surface area contributed by atoms with Crippen LogP contribution in [0.5, 0.6) is 0 Å². The highest BCUT2D eigenvalue weighted by Gasteiger charge is 2.04. The van der Waals surface area contributed by atoms with Crippen molar-refractivity contribution in [1.29, 1.82) is 0 Å². The largest absolute Gasteiger partial charge is 0.361 e. The summed E-state index contributed by atoms with van der Waals surface area (Å²) in [4.78, 5) is 3.28. The summed E-state index contributed by atoms with van der Waals surface area (Å²) >= 11 is 0. The molecule has 0 saturated heterocycles. The molecular weight excluding hydrogens is 182 g/mol. The number of H-pyrrole nitrogens is 1. The van der Waals surface area contributed by atoms with Gasteiger partial charge in [0.05, 0.1) is 0 Å². The summed E-state index contributed by atoms with van der Waals surface area (Å²) in [6.07, 6.45) is 9.56. The molecule has 1 atom stereocenters. The van der Waals surface area contributed by atoms with E-state index in [1.807, 2.05) is 6.07 Å². The van der Waals surface area contributed by atoms with Gasteiger partial charge in [0.2, 0.25) is 0 Å². The molecule has 1 unspecified atom stereocenters. The lowest BCUT2D eigenvalue weighted by Crippen LogP contribution is -1.92. The Hall–Kier alpha value is -1.68. The Morgan fingerprint density at radius 3 is 3.00 bits per heavy atom. The van der Waals surface area contributed by atoms with E-state index in [9.17, 15) is 0 Å². The molecular formula is C14H15N. The van der Waals surface area contributed by atoms with E-state index in [2.05, 4.69) is 42.2 Å². The first-order valence-electron chi connectivity index (χ1n) is 5.32. The Balaban J connectivity index is 2.19.